The highest BCUT2D eigenvalue weighted by Crippen LogP contribution is 2.20. The smallest absolute Gasteiger partial charge is 0.242 e. The van der Waals surface area contributed by atoms with Crippen LogP contribution in [0.15, 0.2) is 29.2 Å². The van der Waals surface area contributed by atoms with E-state index in [1.165, 1.54) is 6.07 Å². The van der Waals surface area contributed by atoms with E-state index in [1.807, 2.05) is 0 Å². The van der Waals surface area contributed by atoms with Crippen LogP contribution in [0.5, 0.6) is 0 Å². The maximum Gasteiger partial charge on any atom is 0.242 e. The van der Waals surface area contributed by atoms with Gasteiger partial charge in [-0.1, -0.05) is 23.7 Å². The third-order valence-corrected chi connectivity index (χ3v) is 4.73. The van der Waals surface area contributed by atoms with Crippen LogP contribution in [0, 0.1) is 0 Å². The van der Waals surface area contributed by atoms with Gasteiger partial charge in [0.15, 0.2) is 0 Å². The van der Waals surface area contributed by atoms with E-state index in [1.54, 1.807) is 18.2 Å². The summed E-state index contributed by atoms with van der Waals surface area (Å²) in [5, 5.41) is 3.48. The molecule has 0 aliphatic carbocycles. The maximum atomic E-state index is 12.0. The van der Waals surface area contributed by atoms with Crippen molar-refractivity contribution in [2.45, 2.75) is 23.8 Å². The molecule has 1 aliphatic rings. The van der Waals surface area contributed by atoms with Gasteiger partial charge in [-0.2, -0.15) is 0 Å². The van der Waals surface area contributed by atoms with Gasteiger partial charge < -0.3 is 5.32 Å². The molecule has 1 atom stereocenters. The third kappa shape index (κ3) is 3.83. The van der Waals surface area contributed by atoms with Crippen LogP contribution in [0.1, 0.15) is 12.8 Å². The Morgan fingerprint density at radius 3 is 2.72 bits per heavy atom. The number of sulfonamides is 1. The number of nitrogens with one attached hydrogen (secondary N) is 2. The zero-order chi connectivity index (χ0) is 12.3. The fraction of sp³-hybridized carbons (Fsp3) is 0.455. The third-order valence-electron chi connectivity index (χ3n) is 2.81. The molecule has 1 heterocycles. The maximum absolute atomic E-state index is 12.0. The van der Waals surface area contributed by atoms with Crippen LogP contribution >= 0.6 is 24.0 Å². The first-order valence-electron chi connectivity index (χ1n) is 5.57. The Morgan fingerprint density at radius 2 is 2.11 bits per heavy atom. The minimum absolute atomic E-state index is 0. The molecule has 0 amide bonds. The highest BCUT2D eigenvalue weighted by Gasteiger charge is 2.20. The topological polar surface area (TPSA) is 58.2 Å². The summed E-state index contributed by atoms with van der Waals surface area (Å²) in [6, 6.07) is 6.68. The Labute approximate surface area is 119 Å². The van der Waals surface area contributed by atoms with Crippen LogP contribution in [-0.4, -0.2) is 27.5 Å². The lowest BCUT2D eigenvalue weighted by molar-refractivity contribution is 0.552. The van der Waals surface area contributed by atoms with E-state index in [0.29, 0.717) is 6.54 Å². The van der Waals surface area contributed by atoms with E-state index in [9.17, 15) is 8.42 Å². The van der Waals surface area contributed by atoms with Crippen molar-refractivity contribution in [2.75, 3.05) is 13.1 Å². The largest absolute Gasteiger partial charge is 0.313 e. The summed E-state index contributed by atoms with van der Waals surface area (Å²) in [6.45, 7) is 1.37. The molecule has 1 fully saturated rings. The van der Waals surface area contributed by atoms with E-state index in [0.717, 1.165) is 19.4 Å². The lowest BCUT2D eigenvalue weighted by Gasteiger charge is -2.12. The second-order valence-electron chi connectivity index (χ2n) is 4.08. The van der Waals surface area contributed by atoms with E-state index in [2.05, 4.69) is 10.0 Å². The summed E-state index contributed by atoms with van der Waals surface area (Å²) in [6.07, 6.45) is 2.10. The molecule has 7 heteroatoms. The van der Waals surface area contributed by atoms with Gasteiger partial charge in [0.05, 0.1) is 5.02 Å². The number of hydrogen-bond acceptors (Lipinski definition) is 3. The Balaban J connectivity index is 0.00000162. The summed E-state index contributed by atoms with van der Waals surface area (Å²) in [5.41, 5.74) is 0. The van der Waals surface area contributed by atoms with E-state index in [4.69, 9.17) is 11.6 Å². The summed E-state index contributed by atoms with van der Waals surface area (Å²) < 4.78 is 26.6. The Kier molecular flexibility index (Phi) is 5.88. The molecule has 0 spiro atoms. The quantitative estimate of drug-likeness (QED) is 0.891. The van der Waals surface area contributed by atoms with Crippen LogP contribution in [-0.2, 0) is 10.0 Å². The molecule has 1 aromatic carbocycles. The van der Waals surface area contributed by atoms with Crippen molar-refractivity contribution in [3.8, 4) is 0 Å². The number of benzene rings is 1. The second kappa shape index (κ2) is 6.73. The predicted molar refractivity (Wildman–Crippen MR) is 74.9 cm³/mol. The van der Waals surface area contributed by atoms with Gasteiger partial charge in [0.2, 0.25) is 10.0 Å². The van der Waals surface area contributed by atoms with Crippen LogP contribution in [0.25, 0.3) is 0 Å². The number of halogens is 2. The highest BCUT2D eigenvalue weighted by molar-refractivity contribution is 7.89. The average molecular weight is 311 g/mol. The summed E-state index contributed by atoms with van der Waals surface area (Å²) >= 11 is 5.87. The monoisotopic (exact) mass is 310 g/mol. The van der Waals surface area contributed by atoms with Crippen molar-refractivity contribution in [3.63, 3.8) is 0 Å². The molecule has 1 saturated heterocycles. The van der Waals surface area contributed by atoms with Crippen molar-refractivity contribution >= 4 is 34.0 Å². The Bertz CT molecular complexity index is 488. The molecule has 102 valence electrons. The normalized spacial score (nSPS) is 19.5. The molecule has 1 unspecified atom stereocenters. The molecule has 2 rings (SSSR count). The SMILES string of the molecule is Cl.O=S(=O)(NCC1CCCN1)c1ccccc1Cl. The standard InChI is InChI=1S/C11H15ClN2O2S.ClH/c12-10-5-1-2-6-11(10)17(15,16)14-8-9-4-3-7-13-9;/h1-2,5-6,9,13-14H,3-4,7-8H2;1H. The molecule has 0 bridgehead atoms. The first-order chi connectivity index (χ1) is 8.09. The van der Waals surface area contributed by atoms with Gasteiger partial charge in [-0.25, -0.2) is 13.1 Å². The van der Waals surface area contributed by atoms with Crippen LogP contribution in [0.4, 0.5) is 0 Å². The predicted octanol–water partition coefficient (Wildman–Crippen LogP) is 1.79. The highest BCUT2D eigenvalue weighted by atomic mass is 35.5. The van der Waals surface area contributed by atoms with Gasteiger partial charge in [-0.15, -0.1) is 12.4 Å². The van der Waals surface area contributed by atoms with Crippen LogP contribution in [0.2, 0.25) is 5.02 Å². The van der Waals surface area contributed by atoms with E-state index >= 15 is 0 Å². The van der Waals surface area contributed by atoms with Crippen molar-refractivity contribution in [2.24, 2.45) is 0 Å². The Morgan fingerprint density at radius 1 is 1.39 bits per heavy atom. The fourth-order valence-corrected chi connectivity index (χ4v) is 3.48. The van der Waals surface area contributed by atoms with E-state index in [-0.39, 0.29) is 28.4 Å². The zero-order valence-electron chi connectivity index (χ0n) is 9.73. The first-order valence-corrected chi connectivity index (χ1v) is 7.43. The molecular weight excluding hydrogens is 295 g/mol. The van der Waals surface area contributed by atoms with Crippen molar-refractivity contribution in [1.82, 2.24) is 10.0 Å². The van der Waals surface area contributed by atoms with Crippen LogP contribution in [0.3, 0.4) is 0 Å². The Hall–Kier alpha value is -0.330. The lowest BCUT2D eigenvalue weighted by Crippen LogP contribution is -2.37. The molecule has 4 nitrogen and oxygen atoms in total. The summed E-state index contributed by atoms with van der Waals surface area (Å²) in [7, 11) is -3.50. The molecule has 18 heavy (non-hydrogen) atoms. The second-order valence-corrected chi connectivity index (χ2v) is 6.22. The molecule has 0 aromatic heterocycles. The molecule has 2 N–H and O–H groups in total. The van der Waals surface area contributed by atoms with E-state index < -0.39 is 10.0 Å². The van der Waals surface area contributed by atoms with Crippen LogP contribution < -0.4 is 10.0 Å². The average Bonchev–Trinajstić information content (AvgIpc) is 2.80. The van der Waals surface area contributed by atoms with Gasteiger partial charge >= 0.3 is 0 Å². The van der Waals surface area contributed by atoms with Gasteiger partial charge in [0.25, 0.3) is 0 Å². The van der Waals surface area contributed by atoms with Crippen molar-refractivity contribution < 1.29 is 8.42 Å². The van der Waals surface area contributed by atoms with Crippen molar-refractivity contribution in [3.05, 3.63) is 29.3 Å². The zero-order valence-corrected chi connectivity index (χ0v) is 12.1. The van der Waals surface area contributed by atoms with Gasteiger partial charge in [-0.05, 0) is 31.5 Å². The summed E-state index contributed by atoms with van der Waals surface area (Å²) in [4.78, 5) is 0.139. The molecule has 0 radical (unpaired) electrons. The van der Waals surface area contributed by atoms with Crippen molar-refractivity contribution in [1.29, 1.82) is 0 Å². The molecule has 0 saturated carbocycles. The lowest BCUT2D eigenvalue weighted by atomic mass is 10.2. The minimum Gasteiger partial charge on any atom is -0.313 e. The van der Waals surface area contributed by atoms with Gasteiger partial charge in [0.1, 0.15) is 4.90 Å². The fourth-order valence-electron chi connectivity index (χ4n) is 1.88. The summed E-state index contributed by atoms with van der Waals surface area (Å²) in [5.74, 6) is 0. The van der Waals surface area contributed by atoms with Gasteiger partial charge in [0, 0.05) is 12.6 Å². The molecular formula is C11H16Cl2N2O2S. The molecule has 1 aromatic rings. The number of rotatable bonds is 4. The number of hydrogen-bond donors (Lipinski definition) is 2. The minimum atomic E-state index is -3.50. The molecule has 1 aliphatic heterocycles. The first kappa shape index (κ1) is 15.7. The van der Waals surface area contributed by atoms with Gasteiger partial charge in [-0.3, -0.25) is 0 Å².